The molecule has 4 rings (SSSR count). The predicted molar refractivity (Wildman–Crippen MR) is 144 cm³/mol. The normalized spacial score (nSPS) is 16.9. The van der Waals surface area contributed by atoms with E-state index in [1.54, 1.807) is 12.0 Å². The van der Waals surface area contributed by atoms with E-state index >= 15 is 0 Å². The lowest BCUT2D eigenvalue weighted by Crippen LogP contribution is -2.50. The van der Waals surface area contributed by atoms with Gasteiger partial charge in [0.2, 0.25) is 0 Å². The highest BCUT2D eigenvalue weighted by atomic mass is 16.6. The number of anilines is 3. The van der Waals surface area contributed by atoms with Crippen molar-refractivity contribution in [3.05, 3.63) is 34.9 Å². The average molecular weight is 511 g/mol. The molecule has 0 spiro atoms. The van der Waals surface area contributed by atoms with Crippen LogP contribution >= 0.6 is 0 Å². The molecule has 10 heteroatoms. The molecule has 0 aliphatic carbocycles. The van der Waals surface area contributed by atoms with Crippen molar-refractivity contribution in [2.75, 3.05) is 56.7 Å². The van der Waals surface area contributed by atoms with Gasteiger partial charge in [0.15, 0.2) is 0 Å². The van der Waals surface area contributed by atoms with Crippen molar-refractivity contribution in [2.45, 2.75) is 52.1 Å². The summed E-state index contributed by atoms with van der Waals surface area (Å²) in [7, 11) is 1.54. The third-order valence-corrected chi connectivity index (χ3v) is 6.65. The van der Waals surface area contributed by atoms with Gasteiger partial charge in [-0.25, -0.2) is 4.79 Å². The van der Waals surface area contributed by atoms with E-state index in [-0.39, 0.29) is 12.1 Å². The molecular weight excluding hydrogens is 472 g/mol. The first-order chi connectivity index (χ1) is 17.7. The lowest BCUT2D eigenvalue weighted by molar-refractivity contribution is 0.0240. The van der Waals surface area contributed by atoms with Crippen LogP contribution in [0.5, 0.6) is 6.01 Å². The van der Waals surface area contributed by atoms with Gasteiger partial charge in [0.1, 0.15) is 17.2 Å². The molecule has 2 aliphatic rings. The van der Waals surface area contributed by atoms with Crippen molar-refractivity contribution < 1.29 is 19.0 Å². The summed E-state index contributed by atoms with van der Waals surface area (Å²) in [6.45, 7) is 11.5. The second kappa shape index (κ2) is 11.3. The summed E-state index contributed by atoms with van der Waals surface area (Å²) in [5, 5.41) is 11.4. The Hall–Kier alpha value is -3.40. The summed E-state index contributed by atoms with van der Waals surface area (Å²) >= 11 is 0. The minimum atomic E-state index is -0.523. The fourth-order valence-electron chi connectivity index (χ4n) is 4.74. The predicted octanol–water partition coefficient (Wildman–Crippen LogP) is 4.49. The van der Waals surface area contributed by atoms with Crippen molar-refractivity contribution >= 4 is 29.6 Å². The molecule has 200 valence electrons. The third-order valence-electron chi connectivity index (χ3n) is 6.65. The quantitative estimate of drug-likeness (QED) is 0.547. The van der Waals surface area contributed by atoms with E-state index in [2.05, 4.69) is 39.2 Å². The Labute approximate surface area is 218 Å². The number of hydrogen-bond acceptors (Lipinski definition) is 9. The fraction of sp³-hybridized carbons (Fsp3) is 0.556. The van der Waals surface area contributed by atoms with E-state index < -0.39 is 5.60 Å². The lowest BCUT2D eigenvalue weighted by Gasteiger charge is -2.36. The average Bonchev–Trinajstić information content (AvgIpc) is 2.88. The molecule has 3 heterocycles. The number of nitrogens with zero attached hydrogens (tertiary/aromatic N) is 4. The van der Waals surface area contributed by atoms with Gasteiger partial charge in [-0.3, -0.25) is 0 Å². The molecule has 1 amide bonds. The lowest BCUT2D eigenvalue weighted by atomic mass is 9.87. The van der Waals surface area contributed by atoms with Gasteiger partial charge in [0.25, 0.3) is 0 Å². The highest BCUT2D eigenvalue weighted by Crippen LogP contribution is 2.34. The van der Waals surface area contributed by atoms with Crippen LogP contribution in [0.2, 0.25) is 0 Å². The molecule has 1 aromatic carbocycles. The van der Waals surface area contributed by atoms with Gasteiger partial charge in [0.05, 0.1) is 7.11 Å². The highest BCUT2D eigenvalue weighted by Gasteiger charge is 2.27. The van der Waals surface area contributed by atoms with Crippen LogP contribution in [0.1, 0.15) is 56.2 Å². The van der Waals surface area contributed by atoms with Gasteiger partial charge in [-0.05, 0) is 69.7 Å². The van der Waals surface area contributed by atoms with Crippen molar-refractivity contribution in [1.82, 2.24) is 14.9 Å². The molecular formula is C27H38N6O4. The molecule has 0 radical (unpaired) electrons. The Bertz CT molecular complexity index is 1120. The first-order valence-corrected chi connectivity index (χ1v) is 12.8. The van der Waals surface area contributed by atoms with Crippen LogP contribution in [0.25, 0.3) is 0 Å². The third kappa shape index (κ3) is 6.68. The van der Waals surface area contributed by atoms with Crippen LogP contribution in [0.3, 0.4) is 0 Å². The molecule has 2 aliphatic heterocycles. The molecule has 0 bridgehead atoms. The first-order valence-electron chi connectivity index (χ1n) is 12.8. The zero-order valence-corrected chi connectivity index (χ0v) is 22.5. The van der Waals surface area contributed by atoms with E-state index in [1.165, 1.54) is 17.3 Å². The number of ether oxygens (including phenoxy) is 3. The number of carbonyl (C=O) groups excluding carboxylic acids is 1. The number of aromatic nitrogens is 2. The molecule has 2 fully saturated rings. The van der Waals surface area contributed by atoms with Crippen molar-refractivity contribution in [1.29, 1.82) is 5.41 Å². The van der Waals surface area contributed by atoms with Crippen LogP contribution in [-0.4, -0.2) is 79.3 Å². The number of hydrogen-bond donors (Lipinski definition) is 2. The minimum Gasteiger partial charge on any atom is -0.467 e. The van der Waals surface area contributed by atoms with Gasteiger partial charge in [-0.1, -0.05) is 0 Å². The van der Waals surface area contributed by atoms with Gasteiger partial charge >= 0.3 is 12.1 Å². The standard InChI is InChI=1S/C27H38N6O4/c1-18-14-20(17-28)22(15-21(18)19-6-12-36-13-7-19)29-23-16-24(31-25(30-23)35-5)32-8-10-33(11-9-32)26(34)37-27(2,3)4/h14-17,19,28H,6-13H2,1-5H3,(H,29,30,31). The maximum Gasteiger partial charge on any atom is 0.410 e. The van der Waals surface area contributed by atoms with Crippen LogP contribution in [-0.2, 0) is 9.47 Å². The van der Waals surface area contributed by atoms with E-state index in [0.29, 0.717) is 43.7 Å². The molecule has 37 heavy (non-hydrogen) atoms. The molecule has 2 saturated heterocycles. The monoisotopic (exact) mass is 510 g/mol. The van der Waals surface area contributed by atoms with Crippen LogP contribution in [0.15, 0.2) is 18.2 Å². The Morgan fingerprint density at radius 2 is 1.84 bits per heavy atom. The second-order valence-corrected chi connectivity index (χ2v) is 10.5. The summed E-state index contributed by atoms with van der Waals surface area (Å²) in [6, 6.07) is 6.32. The minimum absolute atomic E-state index is 0.253. The van der Waals surface area contributed by atoms with Gasteiger partial charge < -0.3 is 34.7 Å². The molecule has 10 nitrogen and oxygen atoms in total. The van der Waals surface area contributed by atoms with Gasteiger partial charge in [-0.2, -0.15) is 9.97 Å². The maximum absolute atomic E-state index is 12.4. The number of amides is 1. The van der Waals surface area contributed by atoms with E-state index in [4.69, 9.17) is 19.6 Å². The summed E-state index contributed by atoms with van der Waals surface area (Å²) in [4.78, 5) is 25.3. The second-order valence-electron chi connectivity index (χ2n) is 10.5. The zero-order chi connectivity index (χ0) is 26.6. The van der Waals surface area contributed by atoms with E-state index in [0.717, 1.165) is 37.3 Å². The number of methoxy groups -OCH3 is 1. The summed E-state index contributed by atoms with van der Waals surface area (Å²) in [5.74, 6) is 1.73. The SMILES string of the molecule is COc1nc(Nc2cc(C3CCOCC3)c(C)cc2C=N)cc(N2CCN(C(=O)OC(C)(C)C)CC2)n1. The molecule has 0 unspecified atom stereocenters. The van der Waals surface area contributed by atoms with Crippen LogP contribution in [0, 0.1) is 12.3 Å². The van der Waals surface area contributed by atoms with Gasteiger partial charge in [0, 0.05) is 62.9 Å². The molecule has 1 aromatic heterocycles. The van der Waals surface area contributed by atoms with Crippen LogP contribution < -0.4 is 15.0 Å². The van der Waals surface area contributed by atoms with Crippen molar-refractivity contribution in [3.63, 3.8) is 0 Å². The molecule has 0 saturated carbocycles. The number of nitrogens with one attached hydrogen (secondary N) is 2. The maximum atomic E-state index is 12.4. The number of carbonyl (C=O) groups is 1. The Morgan fingerprint density at radius 3 is 2.46 bits per heavy atom. The van der Waals surface area contributed by atoms with E-state index in [1.807, 2.05) is 26.8 Å². The Morgan fingerprint density at radius 1 is 1.14 bits per heavy atom. The fourth-order valence-corrected chi connectivity index (χ4v) is 4.74. The molecule has 2 aromatic rings. The Kier molecular flexibility index (Phi) is 8.16. The first kappa shape index (κ1) is 26.7. The number of benzene rings is 1. The van der Waals surface area contributed by atoms with Crippen molar-refractivity contribution in [3.8, 4) is 6.01 Å². The summed E-state index contributed by atoms with van der Waals surface area (Å²) in [6.07, 6.45) is 3.04. The van der Waals surface area contributed by atoms with Crippen LogP contribution in [0.4, 0.5) is 22.1 Å². The zero-order valence-electron chi connectivity index (χ0n) is 22.5. The Balaban J connectivity index is 1.53. The largest absolute Gasteiger partial charge is 0.467 e. The highest BCUT2D eigenvalue weighted by molar-refractivity contribution is 5.88. The molecule has 2 N–H and O–H groups in total. The number of aryl methyl sites for hydroxylation is 1. The topological polar surface area (TPSA) is 113 Å². The number of piperazine rings is 1. The van der Waals surface area contributed by atoms with E-state index in [9.17, 15) is 4.79 Å². The summed E-state index contributed by atoms with van der Waals surface area (Å²) in [5.41, 5.74) is 3.54. The van der Waals surface area contributed by atoms with Gasteiger partial charge in [-0.15, -0.1) is 0 Å². The van der Waals surface area contributed by atoms with Crippen molar-refractivity contribution in [2.24, 2.45) is 0 Å². The smallest absolute Gasteiger partial charge is 0.410 e. The molecule has 0 atom stereocenters. The number of rotatable bonds is 6. The summed E-state index contributed by atoms with van der Waals surface area (Å²) < 4.78 is 16.5.